The molecular weight excluding hydrogens is 320 g/mol. The molecule has 0 unspecified atom stereocenters. The minimum atomic E-state index is 0.632. The van der Waals surface area contributed by atoms with Gasteiger partial charge < -0.3 is 15.6 Å². The third-order valence-corrected chi connectivity index (χ3v) is 3.92. The number of oxazole rings is 1. The number of rotatable bonds is 3. The van der Waals surface area contributed by atoms with E-state index in [4.69, 9.17) is 10.3 Å². The minimum Gasteiger partial charge on any atom is -0.443 e. The van der Waals surface area contributed by atoms with Gasteiger partial charge in [0.05, 0.1) is 24.3 Å². The zero-order chi connectivity index (χ0) is 16.8. The van der Waals surface area contributed by atoms with Gasteiger partial charge in [-0.15, -0.1) is 0 Å². The summed E-state index contributed by atoms with van der Waals surface area (Å²) in [4.78, 5) is 14.2. The lowest BCUT2D eigenvalue weighted by Gasteiger charge is -2.07. The lowest BCUT2D eigenvalue weighted by molar-refractivity contribution is 0.602. The lowest BCUT2D eigenvalue weighted by atomic mass is 10.3. The van der Waals surface area contributed by atoms with Crippen molar-refractivity contribution in [1.29, 1.82) is 0 Å². The highest BCUT2D eigenvalue weighted by Gasteiger charge is 2.12. The molecule has 9 heteroatoms. The summed E-state index contributed by atoms with van der Waals surface area (Å²) < 4.78 is 7.26. The highest BCUT2D eigenvalue weighted by atomic mass is 16.3. The molecule has 0 spiro atoms. The molecular formula is C16H12N8O. The van der Waals surface area contributed by atoms with Crippen LogP contribution in [-0.2, 0) is 0 Å². The molecule has 0 aliphatic carbocycles. The molecule has 0 saturated heterocycles. The van der Waals surface area contributed by atoms with E-state index in [1.807, 2.05) is 28.8 Å². The lowest BCUT2D eigenvalue weighted by Crippen LogP contribution is -2.07. The van der Waals surface area contributed by atoms with Crippen molar-refractivity contribution in [2.45, 2.75) is 0 Å². The van der Waals surface area contributed by atoms with Crippen LogP contribution in [0.15, 0.2) is 60.0 Å². The molecule has 0 radical (unpaired) electrons. The Morgan fingerprint density at radius 2 is 2.08 bits per heavy atom. The van der Waals surface area contributed by atoms with Crippen LogP contribution in [-0.4, -0.2) is 29.2 Å². The van der Waals surface area contributed by atoms with Gasteiger partial charge in [0.1, 0.15) is 5.52 Å². The number of benzene rings is 1. The van der Waals surface area contributed by atoms with E-state index >= 15 is 0 Å². The Morgan fingerprint density at radius 3 is 2.96 bits per heavy atom. The van der Waals surface area contributed by atoms with Crippen LogP contribution < -0.4 is 11.2 Å². The smallest absolute Gasteiger partial charge is 0.181 e. The molecule has 122 valence electrons. The first-order chi connectivity index (χ1) is 12.3. The van der Waals surface area contributed by atoms with Crippen LogP contribution in [0.2, 0.25) is 0 Å². The van der Waals surface area contributed by atoms with E-state index in [1.165, 1.54) is 11.2 Å². The van der Waals surface area contributed by atoms with Gasteiger partial charge in [0.25, 0.3) is 0 Å². The molecule has 0 amide bonds. The minimum absolute atomic E-state index is 0.632. The second-order valence-electron chi connectivity index (χ2n) is 5.48. The van der Waals surface area contributed by atoms with E-state index in [-0.39, 0.29) is 0 Å². The quantitative estimate of drug-likeness (QED) is 0.487. The van der Waals surface area contributed by atoms with Gasteiger partial charge in [-0.05, 0) is 12.1 Å². The van der Waals surface area contributed by atoms with Crippen molar-refractivity contribution in [3.63, 3.8) is 0 Å². The van der Waals surface area contributed by atoms with E-state index in [0.717, 1.165) is 22.5 Å². The fraction of sp³-hybridized carbons (Fsp3) is 0. The van der Waals surface area contributed by atoms with Crippen LogP contribution in [0.25, 0.3) is 28.0 Å². The molecule has 5 aromatic rings. The summed E-state index contributed by atoms with van der Waals surface area (Å²) in [6.07, 6.45) is 10.2. The van der Waals surface area contributed by atoms with Crippen LogP contribution in [0.4, 0.5) is 11.5 Å². The Bertz CT molecular complexity index is 1200. The van der Waals surface area contributed by atoms with Crippen molar-refractivity contribution in [1.82, 2.24) is 29.2 Å². The molecule has 0 aliphatic rings. The third-order valence-electron chi connectivity index (χ3n) is 3.92. The van der Waals surface area contributed by atoms with Crippen molar-refractivity contribution in [3.8, 4) is 11.3 Å². The molecule has 4 aromatic heterocycles. The van der Waals surface area contributed by atoms with Gasteiger partial charge in [0.15, 0.2) is 23.4 Å². The summed E-state index contributed by atoms with van der Waals surface area (Å²) in [5.41, 5.74) is 4.79. The highest BCUT2D eigenvalue weighted by molar-refractivity contribution is 5.80. The first kappa shape index (κ1) is 13.5. The zero-order valence-corrected chi connectivity index (χ0v) is 12.9. The number of imidazole rings is 1. The summed E-state index contributed by atoms with van der Waals surface area (Å²) in [5, 5.41) is 7.27. The highest BCUT2D eigenvalue weighted by Crippen LogP contribution is 2.26. The number of aromatic nitrogens is 6. The summed E-state index contributed by atoms with van der Waals surface area (Å²) in [5.74, 6) is 6.27. The number of nitrogens with two attached hydrogens (primary N) is 1. The second-order valence-corrected chi connectivity index (χ2v) is 5.48. The first-order valence-electron chi connectivity index (χ1n) is 7.50. The normalized spacial score (nSPS) is 11.4. The van der Waals surface area contributed by atoms with E-state index < -0.39 is 0 Å². The van der Waals surface area contributed by atoms with Crippen LogP contribution in [0.3, 0.4) is 0 Å². The largest absolute Gasteiger partial charge is 0.443 e. The van der Waals surface area contributed by atoms with Crippen LogP contribution >= 0.6 is 0 Å². The summed E-state index contributed by atoms with van der Waals surface area (Å²) in [6, 6.07) is 5.67. The predicted molar refractivity (Wildman–Crippen MR) is 91.7 cm³/mol. The molecule has 0 atom stereocenters. The number of anilines is 2. The van der Waals surface area contributed by atoms with E-state index in [1.54, 1.807) is 24.8 Å². The fourth-order valence-electron chi connectivity index (χ4n) is 2.76. The van der Waals surface area contributed by atoms with Gasteiger partial charge in [0.2, 0.25) is 0 Å². The van der Waals surface area contributed by atoms with Crippen molar-refractivity contribution in [2.24, 2.45) is 0 Å². The first-order valence-corrected chi connectivity index (χ1v) is 7.50. The third kappa shape index (κ3) is 2.17. The van der Waals surface area contributed by atoms with Gasteiger partial charge in [-0.3, -0.25) is 4.40 Å². The molecule has 0 bridgehead atoms. The Hall–Kier alpha value is -3.88. The maximum absolute atomic E-state index is 5.63. The topological polar surface area (TPSA) is 112 Å². The maximum Gasteiger partial charge on any atom is 0.181 e. The van der Waals surface area contributed by atoms with Crippen molar-refractivity contribution in [2.75, 3.05) is 11.2 Å². The number of nitrogens with one attached hydrogen (secondary N) is 1. The Labute approximate surface area is 140 Å². The average Bonchev–Trinajstić information content (AvgIpc) is 3.33. The molecule has 0 fully saturated rings. The molecule has 0 saturated carbocycles. The summed E-state index contributed by atoms with van der Waals surface area (Å²) in [7, 11) is 0. The van der Waals surface area contributed by atoms with Crippen LogP contribution in [0, 0.1) is 0 Å². The van der Waals surface area contributed by atoms with Crippen molar-refractivity contribution >= 4 is 28.3 Å². The van der Waals surface area contributed by atoms with Gasteiger partial charge in [-0.2, -0.15) is 9.89 Å². The molecule has 0 aliphatic heterocycles. The molecule has 5 rings (SSSR count). The van der Waals surface area contributed by atoms with Crippen LogP contribution in [0.5, 0.6) is 0 Å². The molecule has 3 N–H and O–H groups in total. The summed E-state index contributed by atoms with van der Waals surface area (Å²) in [6.45, 7) is 0. The molecule has 25 heavy (non-hydrogen) atoms. The van der Waals surface area contributed by atoms with Gasteiger partial charge in [-0.1, -0.05) is 0 Å². The number of nitrogen functional groups attached to an aromatic ring is 1. The van der Waals surface area contributed by atoms with Gasteiger partial charge in [0, 0.05) is 29.7 Å². The molecule has 4 heterocycles. The predicted octanol–water partition coefficient (Wildman–Crippen LogP) is 2.19. The number of fused-ring (bicyclic) bond motifs is 2. The van der Waals surface area contributed by atoms with E-state index in [9.17, 15) is 0 Å². The standard InChI is InChI=1S/C16H12N8O/c17-24-8-10(6-21-24)13-7-19-16-15(18-3-4-23(13)16)22-11-1-2-12-14(5-11)25-9-20-12/h1-9H,17H2,(H,18,22). The fourth-order valence-corrected chi connectivity index (χ4v) is 2.76. The number of hydrogen-bond donors (Lipinski definition) is 2. The maximum atomic E-state index is 5.63. The molecule has 1 aromatic carbocycles. The number of nitrogens with zero attached hydrogens (tertiary/aromatic N) is 6. The Kier molecular flexibility index (Phi) is 2.74. The van der Waals surface area contributed by atoms with Crippen molar-refractivity contribution in [3.05, 3.63) is 55.6 Å². The van der Waals surface area contributed by atoms with Crippen LogP contribution in [0.1, 0.15) is 0 Å². The average molecular weight is 332 g/mol. The van der Waals surface area contributed by atoms with Gasteiger partial charge >= 0.3 is 0 Å². The zero-order valence-electron chi connectivity index (χ0n) is 12.9. The van der Waals surface area contributed by atoms with Crippen molar-refractivity contribution < 1.29 is 4.42 Å². The van der Waals surface area contributed by atoms with Gasteiger partial charge in [-0.25, -0.2) is 15.0 Å². The monoisotopic (exact) mass is 332 g/mol. The summed E-state index contributed by atoms with van der Waals surface area (Å²) >= 11 is 0. The SMILES string of the molecule is Nn1cc(-c2cnc3c(Nc4ccc5ncoc5c4)nccn23)cn1. The second kappa shape index (κ2) is 5.06. The number of hydrogen-bond acceptors (Lipinski definition) is 7. The van der Waals surface area contributed by atoms with E-state index in [0.29, 0.717) is 17.0 Å². The van der Waals surface area contributed by atoms with E-state index in [2.05, 4.69) is 25.4 Å². The Balaban J connectivity index is 1.58. The molecule has 9 nitrogen and oxygen atoms in total. The Morgan fingerprint density at radius 1 is 1.12 bits per heavy atom.